The van der Waals surface area contributed by atoms with E-state index in [4.69, 9.17) is 0 Å². The van der Waals surface area contributed by atoms with Crippen LogP contribution in [0.3, 0.4) is 0 Å². The predicted octanol–water partition coefficient (Wildman–Crippen LogP) is 5.28. The van der Waals surface area contributed by atoms with Gasteiger partial charge in [0.2, 0.25) is 0 Å². The second-order valence-electron chi connectivity index (χ2n) is 5.93. The zero-order chi connectivity index (χ0) is 11.2. The summed E-state index contributed by atoms with van der Waals surface area (Å²) in [6.45, 7) is 14.2. The molecule has 0 bridgehead atoms. The van der Waals surface area contributed by atoms with Gasteiger partial charge in [-0.3, -0.25) is 0 Å². The lowest BCUT2D eigenvalue weighted by atomic mass is 9.76. The first kappa shape index (κ1) is 14.0. The van der Waals surface area contributed by atoms with Gasteiger partial charge in [-0.2, -0.15) is 0 Å². The van der Waals surface area contributed by atoms with E-state index >= 15 is 0 Å². The second-order valence-corrected chi connectivity index (χ2v) is 5.93. The van der Waals surface area contributed by atoms with Crippen molar-refractivity contribution in [1.29, 1.82) is 0 Å². The van der Waals surface area contributed by atoms with E-state index in [2.05, 4.69) is 41.5 Å². The molecule has 0 heteroatoms. The van der Waals surface area contributed by atoms with E-state index in [1.165, 1.54) is 32.1 Å². The van der Waals surface area contributed by atoms with Gasteiger partial charge in [-0.25, -0.2) is 0 Å². The van der Waals surface area contributed by atoms with E-state index in [0.29, 0.717) is 5.41 Å². The normalized spacial score (nSPS) is 14.8. The van der Waals surface area contributed by atoms with Crippen LogP contribution in [0.1, 0.15) is 73.6 Å². The Balaban J connectivity index is 3.62. The van der Waals surface area contributed by atoms with Gasteiger partial charge in [-0.15, -0.1) is 0 Å². The minimum Gasteiger partial charge on any atom is -0.0654 e. The van der Waals surface area contributed by atoms with Gasteiger partial charge in [0.15, 0.2) is 0 Å². The molecule has 0 radical (unpaired) electrons. The van der Waals surface area contributed by atoms with Gasteiger partial charge < -0.3 is 0 Å². The van der Waals surface area contributed by atoms with E-state index in [-0.39, 0.29) is 0 Å². The predicted molar refractivity (Wildman–Crippen MR) is 66.5 cm³/mol. The maximum Gasteiger partial charge on any atom is -0.0331 e. The van der Waals surface area contributed by atoms with Crippen LogP contribution in [-0.2, 0) is 0 Å². The first-order valence-corrected chi connectivity index (χ1v) is 6.40. The molecule has 1 atom stereocenters. The Labute approximate surface area is 91.5 Å². The van der Waals surface area contributed by atoms with Crippen LogP contribution in [0.4, 0.5) is 0 Å². The van der Waals surface area contributed by atoms with Gasteiger partial charge in [-0.1, -0.05) is 67.2 Å². The highest BCUT2D eigenvalue weighted by molar-refractivity contribution is 4.72. The molecule has 0 heterocycles. The van der Waals surface area contributed by atoms with Gasteiger partial charge in [0.05, 0.1) is 0 Å². The van der Waals surface area contributed by atoms with Crippen LogP contribution in [0, 0.1) is 17.3 Å². The molecule has 0 aliphatic heterocycles. The van der Waals surface area contributed by atoms with Gasteiger partial charge in [0, 0.05) is 0 Å². The SMILES string of the molecule is CCCC(C)CCCC(C)(C)C(C)C. The lowest BCUT2D eigenvalue weighted by Crippen LogP contribution is -2.19. The van der Waals surface area contributed by atoms with Crippen molar-refractivity contribution in [3.63, 3.8) is 0 Å². The van der Waals surface area contributed by atoms with E-state index in [9.17, 15) is 0 Å². The molecule has 0 aliphatic rings. The lowest BCUT2D eigenvalue weighted by molar-refractivity contribution is 0.216. The van der Waals surface area contributed by atoms with Crippen molar-refractivity contribution in [3.05, 3.63) is 0 Å². The molecule has 0 amide bonds. The maximum atomic E-state index is 2.40. The van der Waals surface area contributed by atoms with Gasteiger partial charge in [-0.05, 0) is 23.7 Å². The number of hydrogen-bond acceptors (Lipinski definition) is 0. The molecule has 0 aromatic rings. The second kappa shape index (κ2) is 6.48. The molecule has 0 nitrogen and oxygen atoms in total. The Bertz CT molecular complexity index is 133. The molecule has 86 valence electrons. The molecule has 0 aliphatic carbocycles. The van der Waals surface area contributed by atoms with Crippen molar-refractivity contribution in [2.24, 2.45) is 17.3 Å². The third-order valence-electron chi connectivity index (χ3n) is 3.86. The summed E-state index contributed by atoms with van der Waals surface area (Å²) >= 11 is 0. The van der Waals surface area contributed by atoms with Crippen molar-refractivity contribution >= 4 is 0 Å². The average molecular weight is 198 g/mol. The Morgan fingerprint density at radius 1 is 1.00 bits per heavy atom. The molecular formula is C14H30. The van der Waals surface area contributed by atoms with Crippen LogP contribution in [0.15, 0.2) is 0 Å². The highest BCUT2D eigenvalue weighted by atomic mass is 14.3. The zero-order valence-corrected chi connectivity index (χ0v) is 11.2. The topological polar surface area (TPSA) is 0 Å². The Hall–Kier alpha value is 0. The van der Waals surface area contributed by atoms with E-state index < -0.39 is 0 Å². The van der Waals surface area contributed by atoms with E-state index in [0.717, 1.165) is 11.8 Å². The van der Waals surface area contributed by atoms with E-state index in [1.54, 1.807) is 0 Å². The van der Waals surface area contributed by atoms with Crippen molar-refractivity contribution in [3.8, 4) is 0 Å². The summed E-state index contributed by atoms with van der Waals surface area (Å²) in [6, 6.07) is 0. The van der Waals surface area contributed by atoms with E-state index in [1.807, 2.05) is 0 Å². The van der Waals surface area contributed by atoms with Crippen molar-refractivity contribution < 1.29 is 0 Å². The molecular weight excluding hydrogens is 168 g/mol. The van der Waals surface area contributed by atoms with Crippen LogP contribution in [0.2, 0.25) is 0 Å². The highest BCUT2D eigenvalue weighted by Gasteiger charge is 2.21. The summed E-state index contributed by atoms with van der Waals surface area (Å²) in [5.74, 6) is 1.74. The zero-order valence-electron chi connectivity index (χ0n) is 11.2. The molecule has 0 saturated heterocycles. The third-order valence-corrected chi connectivity index (χ3v) is 3.86. The molecule has 14 heavy (non-hydrogen) atoms. The van der Waals surface area contributed by atoms with Crippen LogP contribution >= 0.6 is 0 Å². The van der Waals surface area contributed by atoms with Crippen molar-refractivity contribution in [2.75, 3.05) is 0 Å². The highest BCUT2D eigenvalue weighted by Crippen LogP contribution is 2.32. The van der Waals surface area contributed by atoms with Gasteiger partial charge in [0.1, 0.15) is 0 Å². The van der Waals surface area contributed by atoms with Crippen LogP contribution in [0.25, 0.3) is 0 Å². The Morgan fingerprint density at radius 2 is 1.57 bits per heavy atom. The average Bonchev–Trinajstić information content (AvgIpc) is 2.04. The van der Waals surface area contributed by atoms with Crippen LogP contribution in [0.5, 0.6) is 0 Å². The Kier molecular flexibility index (Phi) is 6.48. The lowest BCUT2D eigenvalue weighted by Gasteiger charge is -2.29. The minimum atomic E-state index is 0.534. The summed E-state index contributed by atoms with van der Waals surface area (Å²) < 4.78 is 0. The fourth-order valence-corrected chi connectivity index (χ4v) is 1.83. The van der Waals surface area contributed by atoms with Crippen molar-refractivity contribution in [1.82, 2.24) is 0 Å². The summed E-state index contributed by atoms with van der Waals surface area (Å²) in [7, 11) is 0. The minimum absolute atomic E-state index is 0.534. The number of hydrogen-bond donors (Lipinski definition) is 0. The molecule has 0 fully saturated rings. The summed E-state index contributed by atoms with van der Waals surface area (Å²) in [4.78, 5) is 0. The Morgan fingerprint density at radius 3 is 2.00 bits per heavy atom. The standard InChI is InChI=1S/C14H30/c1-7-9-13(4)10-8-11-14(5,6)12(2)3/h12-13H,7-11H2,1-6H3. The molecule has 0 rings (SSSR count). The summed E-state index contributed by atoms with van der Waals surface area (Å²) in [6.07, 6.45) is 6.96. The summed E-state index contributed by atoms with van der Waals surface area (Å²) in [5.41, 5.74) is 0.534. The maximum absolute atomic E-state index is 2.40. The van der Waals surface area contributed by atoms with Gasteiger partial charge >= 0.3 is 0 Å². The fourth-order valence-electron chi connectivity index (χ4n) is 1.83. The molecule has 0 aromatic carbocycles. The molecule has 0 spiro atoms. The quantitative estimate of drug-likeness (QED) is 0.522. The van der Waals surface area contributed by atoms with Gasteiger partial charge in [0.25, 0.3) is 0 Å². The summed E-state index contributed by atoms with van der Waals surface area (Å²) in [5, 5.41) is 0. The van der Waals surface area contributed by atoms with Crippen LogP contribution < -0.4 is 0 Å². The first-order chi connectivity index (χ1) is 6.40. The molecule has 0 N–H and O–H groups in total. The largest absolute Gasteiger partial charge is 0.0654 e. The first-order valence-electron chi connectivity index (χ1n) is 6.40. The molecule has 0 aromatic heterocycles. The molecule has 0 saturated carbocycles. The van der Waals surface area contributed by atoms with Crippen LogP contribution in [-0.4, -0.2) is 0 Å². The monoisotopic (exact) mass is 198 g/mol. The van der Waals surface area contributed by atoms with Crippen molar-refractivity contribution in [2.45, 2.75) is 73.6 Å². The molecule has 1 unspecified atom stereocenters. The smallest absolute Gasteiger partial charge is 0.0331 e. The number of rotatable bonds is 7. The third kappa shape index (κ3) is 5.67. The fraction of sp³-hybridized carbons (Fsp3) is 1.00.